The molecule has 0 saturated carbocycles. The zero-order valence-electron chi connectivity index (χ0n) is 10.2. The van der Waals surface area contributed by atoms with Crippen LogP contribution in [0.3, 0.4) is 0 Å². The Labute approximate surface area is 138 Å². The van der Waals surface area contributed by atoms with Gasteiger partial charge in [0.1, 0.15) is 0 Å². The summed E-state index contributed by atoms with van der Waals surface area (Å²) in [7, 11) is 0. The molecule has 1 saturated heterocycles. The molecule has 1 rings (SSSR count). The molecule has 0 atom stereocenters. The van der Waals surface area contributed by atoms with Gasteiger partial charge in [0.05, 0.1) is 0 Å². The molecule has 0 unspecified atom stereocenters. The van der Waals surface area contributed by atoms with Gasteiger partial charge >= 0.3 is 58.4 Å². The van der Waals surface area contributed by atoms with Crippen molar-refractivity contribution in [2.45, 2.75) is 32.2 Å². The number of hydrogen-bond donors (Lipinski definition) is 1. The normalized spacial score (nSPS) is 18.6. The van der Waals surface area contributed by atoms with Crippen molar-refractivity contribution in [2.75, 3.05) is 26.1 Å². The number of hydrogen-bond acceptors (Lipinski definition) is 2. The van der Waals surface area contributed by atoms with E-state index in [4.69, 9.17) is 0 Å². The Hall–Kier alpha value is 1.41. The van der Waals surface area contributed by atoms with E-state index < -0.39 is 13.4 Å². The van der Waals surface area contributed by atoms with Crippen molar-refractivity contribution in [3.8, 4) is 0 Å². The van der Waals surface area contributed by atoms with Crippen LogP contribution in [0.25, 0.3) is 0 Å². The molecule has 1 aliphatic heterocycles. The first kappa shape index (κ1) is 17.4. The average Bonchev–Trinajstić information content (AvgIpc) is 2.17. The quantitative estimate of drug-likeness (QED) is 0.629. The van der Waals surface area contributed by atoms with Crippen molar-refractivity contribution in [3.05, 3.63) is 0 Å². The third-order valence-corrected chi connectivity index (χ3v) is 2.78. The van der Waals surface area contributed by atoms with Gasteiger partial charge in [-0.25, -0.2) is 0 Å². The average molecular weight is 262 g/mol. The van der Waals surface area contributed by atoms with Gasteiger partial charge in [0.2, 0.25) is 0 Å². The second-order valence-corrected chi connectivity index (χ2v) is 4.19. The molecule has 1 heterocycles. The first-order valence-electron chi connectivity index (χ1n) is 5.68. The van der Waals surface area contributed by atoms with E-state index in [0.717, 1.165) is 32.4 Å². The summed E-state index contributed by atoms with van der Waals surface area (Å²) in [6.45, 7) is -0.509. The van der Waals surface area contributed by atoms with Crippen molar-refractivity contribution in [3.63, 3.8) is 0 Å². The summed E-state index contributed by atoms with van der Waals surface area (Å²) in [4.78, 5) is 1.61. The molecular weight excluding hydrogens is 243 g/mol. The molecule has 7 heteroatoms. The van der Waals surface area contributed by atoms with Gasteiger partial charge in [0, 0.05) is 6.04 Å². The van der Waals surface area contributed by atoms with Gasteiger partial charge in [0.25, 0.3) is 0 Å². The van der Waals surface area contributed by atoms with Gasteiger partial charge in [-0.05, 0) is 45.3 Å². The topological polar surface area (TPSA) is 15.3 Å². The van der Waals surface area contributed by atoms with Crippen LogP contribution in [-0.4, -0.2) is 44.0 Å². The van der Waals surface area contributed by atoms with Crippen LogP contribution in [0.15, 0.2) is 0 Å². The fourth-order valence-corrected chi connectivity index (χ4v) is 2.15. The largest absolute Gasteiger partial charge is 1.00 e. The van der Waals surface area contributed by atoms with E-state index >= 15 is 0 Å². The molecular formula is C9H19BF3KN2. The predicted octanol–water partition coefficient (Wildman–Crippen LogP) is -1.16. The summed E-state index contributed by atoms with van der Waals surface area (Å²) in [5.41, 5.74) is 0. The van der Waals surface area contributed by atoms with Crippen LogP contribution >= 0.6 is 0 Å². The molecule has 0 aliphatic carbocycles. The molecule has 0 spiro atoms. The Balaban J connectivity index is 0.00000225. The molecule has 1 aliphatic rings. The van der Waals surface area contributed by atoms with Gasteiger partial charge in [-0.15, -0.1) is 0 Å². The Morgan fingerprint density at radius 1 is 1.25 bits per heavy atom. The molecule has 1 N–H and O–H groups in total. The number of nitrogens with zero attached hydrogens (tertiary/aromatic N) is 1. The van der Waals surface area contributed by atoms with E-state index in [9.17, 15) is 12.9 Å². The third-order valence-electron chi connectivity index (χ3n) is 2.78. The molecule has 0 radical (unpaired) electrons. The zero-order chi connectivity index (χ0) is 11.3. The maximum Gasteiger partial charge on any atom is 1.00 e. The maximum atomic E-state index is 12.4. The second kappa shape index (κ2) is 8.50. The summed E-state index contributed by atoms with van der Waals surface area (Å²) >= 11 is 0. The Morgan fingerprint density at radius 3 is 2.25 bits per heavy atom. The molecule has 90 valence electrons. The van der Waals surface area contributed by atoms with Crippen LogP contribution in [0.1, 0.15) is 26.2 Å². The minimum Gasteiger partial charge on any atom is -0.448 e. The molecule has 2 nitrogen and oxygen atoms in total. The van der Waals surface area contributed by atoms with Gasteiger partial charge in [-0.1, -0.05) is 6.92 Å². The van der Waals surface area contributed by atoms with E-state index in [1.807, 2.05) is 6.92 Å². The summed E-state index contributed by atoms with van der Waals surface area (Å²) in [5.74, 6) is 0. The summed E-state index contributed by atoms with van der Waals surface area (Å²) in [5, 5.41) is 3.17. The van der Waals surface area contributed by atoms with Gasteiger partial charge in [-0.2, -0.15) is 0 Å². The number of piperidine rings is 1. The van der Waals surface area contributed by atoms with E-state index in [-0.39, 0.29) is 57.4 Å². The van der Waals surface area contributed by atoms with E-state index in [1.165, 1.54) is 0 Å². The number of nitrogens with one attached hydrogen (secondary N) is 1. The monoisotopic (exact) mass is 262 g/mol. The van der Waals surface area contributed by atoms with Crippen LogP contribution in [0, 0.1) is 0 Å². The summed E-state index contributed by atoms with van der Waals surface area (Å²) in [6.07, 6.45) is 1.77. The number of rotatable bonds is 5. The zero-order valence-corrected chi connectivity index (χ0v) is 13.3. The van der Waals surface area contributed by atoms with Crippen molar-refractivity contribution in [1.82, 2.24) is 10.2 Å². The molecule has 16 heavy (non-hydrogen) atoms. The third kappa shape index (κ3) is 6.98. The number of halogens is 3. The first-order chi connectivity index (χ1) is 7.03. The minimum atomic E-state index is -4.68. The van der Waals surface area contributed by atoms with Crippen molar-refractivity contribution >= 4 is 6.98 Å². The SMILES string of the molecule is CCCN(C[B-](F)(F)F)C1CCNCC1.[K+]. The van der Waals surface area contributed by atoms with Crippen LogP contribution in [0.5, 0.6) is 0 Å². The first-order valence-corrected chi connectivity index (χ1v) is 5.68. The molecule has 0 aromatic heterocycles. The van der Waals surface area contributed by atoms with Crippen LogP contribution in [0.2, 0.25) is 0 Å². The second-order valence-electron chi connectivity index (χ2n) is 4.19. The molecule has 0 bridgehead atoms. The molecule has 0 aromatic rings. The maximum absolute atomic E-state index is 12.4. The molecule has 0 aromatic carbocycles. The Bertz CT molecular complexity index is 186. The van der Waals surface area contributed by atoms with E-state index in [2.05, 4.69) is 5.32 Å². The van der Waals surface area contributed by atoms with E-state index in [0.29, 0.717) is 6.54 Å². The van der Waals surface area contributed by atoms with Gasteiger partial charge in [-0.3, -0.25) is 0 Å². The van der Waals surface area contributed by atoms with Crippen LogP contribution in [0.4, 0.5) is 12.9 Å². The van der Waals surface area contributed by atoms with Crippen LogP contribution in [-0.2, 0) is 0 Å². The van der Waals surface area contributed by atoms with Crippen molar-refractivity contribution in [2.24, 2.45) is 0 Å². The summed E-state index contributed by atoms with van der Waals surface area (Å²) < 4.78 is 37.2. The Kier molecular flexibility index (Phi) is 9.25. The Morgan fingerprint density at radius 2 is 1.81 bits per heavy atom. The smallest absolute Gasteiger partial charge is 0.448 e. The summed E-state index contributed by atoms with van der Waals surface area (Å²) in [6, 6.07) is 0.120. The predicted molar refractivity (Wildman–Crippen MR) is 56.8 cm³/mol. The van der Waals surface area contributed by atoms with Crippen molar-refractivity contribution in [1.29, 1.82) is 0 Å². The molecule has 1 fully saturated rings. The van der Waals surface area contributed by atoms with Gasteiger partial charge in [0.15, 0.2) is 0 Å². The fraction of sp³-hybridized carbons (Fsp3) is 1.00. The van der Waals surface area contributed by atoms with Gasteiger partial charge < -0.3 is 23.2 Å². The standard InChI is InChI=1S/C9H19BF3N2.K/c1-2-7-15(8-10(11,12)13)9-3-5-14-6-4-9;/h9,14H,2-8H2,1H3;/q-1;+1. The minimum absolute atomic E-state index is 0. The van der Waals surface area contributed by atoms with Crippen molar-refractivity contribution < 1.29 is 64.3 Å². The van der Waals surface area contributed by atoms with Crippen LogP contribution < -0.4 is 56.7 Å². The molecule has 0 amide bonds. The van der Waals surface area contributed by atoms with E-state index in [1.54, 1.807) is 4.90 Å². The fourth-order valence-electron chi connectivity index (χ4n) is 2.15.